The Morgan fingerprint density at radius 3 is 2.60 bits per heavy atom. The molecule has 1 aromatic heterocycles. The van der Waals surface area contributed by atoms with Crippen LogP contribution in [0, 0.1) is 0 Å². The number of imidazole rings is 1. The van der Waals surface area contributed by atoms with Crippen LogP contribution < -0.4 is 10.6 Å². The molecule has 0 saturated carbocycles. The Morgan fingerprint density at radius 1 is 1.20 bits per heavy atom. The number of aromatic nitrogens is 2. The maximum absolute atomic E-state index is 4.32. The van der Waals surface area contributed by atoms with Crippen molar-refractivity contribution in [2.45, 2.75) is 58.7 Å². The molecule has 0 fully saturated rings. The summed E-state index contributed by atoms with van der Waals surface area (Å²) in [5, 5.41) is 6.86. The second-order valence-electron chi connectivity index (χ2n) is 6.52. The fourth-order valence-electron chi connectivity index (χ4n) is 2.74. The molecule has 25 heavy (non-hydrogen) atoms. The Morgan fingerprint density at radius 2 is 1.96 bits per heavy atom. The number of nitrogens with one attached hydrogen (secondary N) is 2. The maximum atomic E-state index is 4.32. The van der Waals surface area contributed by atoms with Gasteiger partial charge in [0.05, 0.1) is 6.33 Å². The van der Waals surface area contributed by atoms with Crippen LogP contribution in [-0.2, 0) is 13.1 Å². The van der Waals surface area contributed by atoms with Crippen molar-refractivity contribution in [3.63, 3.8) is 0 Å². The van der Waals surface area contributed by atoms with Gasteiger partial charge in [-0.3, -0.25) is 4.99 Å². The number of rotatable bonds is 9. The van der Waals surface area contributed by atoms with E-state index in [9.17, 15) is 0 Å². The van der Waals surface area contributed by atoms with E-state index in [0.717, 1.165) is 19.0 Å². The van der Waals surface area contributed by atoms with E-state index in [4.69, 9.17) is 0 Å². The van der Waals surface area contributed by atoms with Crippen LogP contribution in [0.25, 0.3) is 0 Å². The molecule has 1 heterocycles. The number of nitrogens with zero attached hydrogens (tertiary/aromatic N) is 3. The standard InChI is InChI=1S/C20H31N5/c1-4-5-6-7-17(2)24-20(21-3)23-14-18-8-10-19(11-9-18)15-25-13-12-22-16-25/h8-13,16-17H,4-7,14-15H2,1-3H3,(H2,21,23,24). The first-order chi connectivity index (χ1) is 12.2. The van der Waals surface area contributed by atoms with E-state index >= 15 is 0 Å². The minimum absolute atomic E-state index is 0.440. The molecule has 0 radical (unpaired) electrons. The van der Waals surface area contributed by atoms with Gasteiger partial charge in [-0.25, -0.2) is 4.98 Å². The molecule has 136 valence electrons. The van der Waals surface area contributed by atoms with Crippen molar-refractivity contribution < 1.29 is 0 Å². The smallest absolute Gasteiger partial charge is 0.191 e. The van der Waals surface area contributed by atoms with Gasteiger partial charge in [-0.1, -0.05) is 50.5 Å². The molecular weight excluding hydrogens is 310 g/mol. The van der Waals surface area contributed by atoms with E-state index in [1.165, 1.54) is 36.8 Å². The van der Waals surface area contributed by atoms with Crippen molar-refractivity contribution in [2.75, 3.05) is 7.05 Å². The van der Waals surface area contributed by atoms with E-state index in [2.05, 4.69) is 63.3 Å². The second-order valence-corrected chi connectivity index (χ2v) is 6.52. The van der Waals surface area contributed by atoms with E-state index in [-0.39, 0.29) is 0 Å². The molecule has 0 amide bonds. The summed E-state index contributed by atoms with van der Waals surface area (Å²) >= 11 is 0. The van der Waals surface area contributed by atoms with Gasteiger partial charge in [0.2, 0.25) is 0 Å². The normalized spacial score (nSPS) is 12.8. The van der Waals surface area contributed by atoms with Crippen LogP contribution in [-0.4, -0.2) is 28.6 Å². The molecule has 2 aromatic rings. The number of hydrogen-bond donors (Lipinski definition) is 2. The van der Waals surface area contributed by atoms with Gasteiger partial charge in [-0.15, -0.1) is 0 Å². The SMILES string of the molecule is CCCCCC(C)NC(=NC)NCc1ccc(Cn2ccnc2)cc1. The summed E-state index contributed by atoms with van der Waals surface area (Å²) in [5.74, 6) is 0.867. The predicted octanol–water partition coefficient (Wildman–Crippen LogP) is 3.57. The van der Waals surface area contributed by atoms with Crippen molar-refractivity contribution in [1.29, 1.82) is 0 Å². The molecule has 0 spiro atoms. The topological polar surface area (TPSA) is 54.2 Å². The highest BCUT2D eigenvalue weighted by atomic mass is 15.2. The summed E-state index contributed by atoms with van der Waals surface area (Å²) in [6.07, 6.45) is 10.6. The van der Waals surface area contributed by atoms with Gasteiger partial charge in [0.1, 0.15) is 0 Å². The number of benzene rings is 1. The maximum Gasteiger partial charge on any atom is 0.191 e. The lowest BCUT2D eigenvalue weighted by molar-refractivity contribution is 0.546. The number of guanidine groups is 1. The van der Waals surface area contributed by atoms with E-state index in [1.807, 2.05) is 19.6 Å². The summed E-state index contributed by atoms with van der Waals surface area (Å²) < 4.78 is 2.07. The summed E-state index contributed by atoms with van der Waals surface area (Å²) in [6.45, 7) is 6.08. The fourth-order valence-corrected chi connectivity index (χ4v) is 2.74. The zero-order valence-corrected chi connectivity index (χ0v) is 15.7. The molecule has 0 bridgehead atoms. The van der Waals surface area contributed by atoms with Crippen LogP contribution in [0.4, 0.5) is 0 Å². The Kier molecular flexibility index (Phi) is 8.02. The molecular formula is C20H31N5. The Hall–Kier alpha value is -2.30. The van der Waals surface area contributed by atoms with Crippen molar-refractivity contribution in [3.8, 4) is 0 Å². The first kappa shape index (κ1) is 19.0. The summed E-state index contributed by atoms with van der Waals surface area (Å²) in [4.78, 5) is 8.40. The first-order valence-corrected chi connectivity index (χ1v) is 9.22. The minimum Gasteiger partial charge on any atom is -0.354 e. The van der Waals surface area contributed by atoms with Crippen LogP contribution in [0.1, 0.15) is 50.7 Å². The van der Waals surface area contributed by atoms with Gasteiger partial charge >= 0.3 is 0 Å². The number of aliphatic imine (C=N–C) groups is 1. The fraction of sp³-hybridized carbons (Fsp3) is 0.500. The molecule has 1 aromatic carbocycles. The van der Waals surface area contributed by atoms with Crippen LogP contribution in [0.2, 0.25) is 0 Å². The van der Waals surface area contributed by atoms with Gasteiger partial charge in [-0.2, -0.15) is 0 Å². The highest BCUT2D eigenvalue weighted by Gasteiger charge is 2.05. The van der Waals surface area contributed by atoms with Crippen LogP contribution in [0.5, 0.6) is 0 Å². The van der Waals surface area contributed by atoms with Gasteiger partial charge in [0.15, 0.2) is 5.96 Å². The third-order valence-electron chi connectivity index (χ3n) is 4.25. The van der Waals surface area contributed by atoms with Crippen molar-refractivity contribution in [2.24, 2.45) is 4.99 Å². The van der Waals surface area contributed by atoms with E-state index < -0.39 is 0 Å². The van der Waals surface area contributed by atoms with E-state index in [0.29, 0.717) is 6.04 Å². The molecule has 5 heteroatoms. The monoisotopic (exact) mass is 341 g/mol. The van der Waals surface area contributed by atoms with Crippen LogP contribution in [0.15, 0.2) is 48.0 Å². The molecule has 0 aliphatic heterocycles. The number of hydrogen-bond acceptors (Lipinski definition) is 2. The first-order valence-electron chi connectivity index (χ1n) is 9.22. The summed E-state index contributed by atoms with van der Waals surface area (Å²) in [5.41, 5.74) is 2.52. The molecule has 2 rings (SSSR count). The zero-order chi connectivity index (χ0) is 17.9. The summed E-state index contributed by atoms with van der Waals surface area (Å²) in [7, 11) is 1.82. The van der Waals surface area contributed by atoms with Crippen LogP contribution >= 0.6 is 0 Å². The lowest BCUT2D eigenvalue weighted by atomic mass is 10.1. The zero-order valence-electron chi connectivity index (χ0n) is 15.7. The molecule has 0 aliphatic rings. The van der Waals surface area contributed by atoms with Gasteiger partial charge < -0.3 is 15.2 Å². The third-order valence-corrected chi connectivity index (χ3v) is 4.25. The molecule has 5 nitrogen and oxygen atoms in total. The van der Waals surface area contributed by atoms with Crippen LogP contribution in [0.3, 0.4) is 0 Å². The Labute approximate surface area is 151 Å². The second kappa shape index (κ2) is 10.5. The molecule has 0 aliphatic carbocycles. The Bertz CT molecular complexity index is 616. The molecule has 0 saturated heterocycles. The predicted molar refractivity (Wildman–Crippen MR) is 105 cm³/mol. The quantitative estimate of drug-likeness (QED) is 0.416. The van der Waals surface area contributed by atoms with Gasteiger partial charge in [0.25, 0.3) is 0 Å². The minimum atomic E-state index is 0.440. The van der Waals surface area contributed by atoms with E-state index in [1.54, 1.807) is 6.20 Å². The molecule has 2 N–H and O–H groups in total. The van der Waals surface area contributed by atoms with Crippen molar-refractivity contribution in [1.82, 2.24) is 20.2 Å². The lowest BCUT2D eigenvalue weighted by Gasteiger charge is -2.18. The average molecular weight is 342 g/mol. The highest BCUT2D eigenvalue weighted by molar-refractivity contribution is 5.79. The highest BCUT2D eigenvalue weighted by Crippen LogP contribution is 2.07. The number of unbranched alkanes of at least 4 members (excludes halogenated alkanes) is 2. The summed E-state index contributed by atoms with van der Waals surface area (Å²) in [6, 6.07) is 9.10. The van der Waals surface area contributed by atoms with Gasteiger partial charge in [-0.05, 0) is 24.5 Å². The van der Waals surface area contributed by atoms with Crippen molar-refractivity contribution >= 4 is 5.96 Å². The molecule has 1 atom stereocenters. The van der Waals surface area contributed by atoms with Gasteiger partial charge in [0, 0.05) is 38.6 Å². The lowest BCUT2D eigenvalue weighted by Crippen LogP contribution is -2.41. The Balaban J connectivity index is 1.77. The van der Waals surface area contributed by atoms with Crippen molar-refractivity contribution in [3.05, 3.63) is 54.1 Å². The third kappa shape index (κ3) is 6.99. The average Bonchev–Trinajstić information content (AvgIpc) is 3.13. The molecule has 1 unspecified atom stereocenters. The largest absolute Gasteiger partial charge is 0.354 e.